The summed E-state index contributed by atoms with van der Waals surface area (Å²) in [5.41, 5.74) is -0.510. The molecule has 0 saturated carbocycles. The van der Waals surface area contributed by atoms with Gasteiger partial charge in [-0.2, -0.15) is 0 Å². The maximum Gasteiger partial charge on any atom is 0.410 e. The van der Waals surface area contributed by atoms with E-state index in [0.717, 1.165) is 13.1 Å². The van der Waals surface area contributed by atoms with Gasteiger partial charge in [0, 0.05) is 31.5 Å². The van der Waals surface area contributed by atoms with Gasteiger partial charge in [0.2, 0.25) is 0 Å². The minimum absolute atomic E-state index is 0.105. The molecular weight excluding hydrogens is 232 g/mol. The minimum atomic E-state index is -0.510. The zero-order valence-corrected chi connectivity index (χ0v) is 11.6. The number of carbonyl (C=O) groups excluding carboxylic acids is 2. The summed E-state index contributed by atoms with van der Waals surface area (Å²) in [6.07, 6.45) is -0.371. The second kappa shape index (κ2) is 4.53. The number of likely N-dealkylation sites (tertiary alicyclic amines) is 2. The van der Waals surface area contributed by atoms with Gasteiger partial charge in [-0.1, -0.05) is 0 Å². The summed E-state index contributed by atoms with van der Waals surface area (Å²) in [6, 6.07) is 0. The maximum absolute atomic E-state index is 12.0. The first-order valence-electron chi connectivity index (χ1n) is 6.45. The summed E-state index contributed by atoms with van der Waals surface area (Å²) in [5, 5.41) is 0. The van der Waals surface area contributed by atoms with Crippen LogP contribution in [0.3, 0.4) is 0 Å². The molecule has 2 atom stereocenters. The lowest BCUT2D eigenvalue weighted by atomic mass is 9.88. The number of amides is 1. The molecule has 5 nitrogen and oxygen atoms in total. The average molecular weight is 254 g/mol. The van der Waals surface area contributed by atoms with Crippen molar-refractivity contribution in [2.45, 2.75) is 26.4 Å². The lowest BCUT2D eigenvalue weighted by molar-refractivity contribution is -0.127. The predicted octanol–water partition coefficient (Wildman–Crippen LogP) is 0.984. The van der Waals surface area contributed by atoms with E-state index in [4.69, 9.17) is 4.74 Å². The van der Waals surface area contributed by atoms with Crippen molar-refractivity contribution in [2.24, 2.45) is 11.8 Å². The van der Waals surface area contributed by atoms with Gasteiger partial charge in [-0.25, -0.2) is 4.79 Å². The zero-order valence-electron chi connectivity index (χ0n) is 11.6. The molecule has 0 aliphatic carbocycles. The molecule has 0 aromatic heterocycles. The Kier molecular flexibility index (Phi) is 3.36. The summed E-state index contributed by atoms with van der Waals surface area (Å²) < 4.78 is 5.32. The van der Waals surface area contributed by atoms with E-state index in [1.807, 2.05) is 27.8 Å². The maximum atomic E-state index is 12.0. The van der Waals surface area contributed by atoms with Gasteiger partial charge in [-0.15, -0.1) is 0 Å². The van der Waals surface area contributed by atoms with Gasteiger partial charge in [-0.05, 0) is 27.8 Å². The second-order valence-corrected chi connectivity index (χ2v) is 6.41. The Morgan fingerprint density at radius 1 is 1.28 bits per heavy atom. The van der Waals surface area contributed by atoms with Crippen molar-refractivity contribution >= 4 is 11.9 Å². The molecule has 0 radical (unpaired) electrons. The number of ketones is 1. The molecular formula is C13H22N2O3. The van der Waals surface area contributed by atoms with Crippen LogP contribution in [0.1, 0.15) is 20.8 Å². The third-order valence-corrected chi connectivity index (χ3v) is 3.49. The molecule has 2 fully saturated rings. The zero-order chi connectivity index (χ0) is 13.5. The molecule has 0 unspecified atom stereocenters. The standard InChI is InChI=1S/C13H22N2O3/c1-13(2,3)18-12(17)15-6-9-5-14(4)7-10(9)11(16)8-15/h9-10H,5-8H2,1-4H3/t9-,10-/m0/s1. The Balaban J connectivity index is 2.00. The number of fused-ring (bicyclic) bond motifs is 1. The number of ether oxygens (including phenoxy) is 1. The highest BCUT2D eigenvalue weighted by Gasteiger charge is 2.43. The summed E-state index contributed by atoms with van der Waals surface area (Å²) in [7, 11) is 2.02. The van der Waals surface area contributed by atoms with Gasteiger partial charge in [0.25, 0.3) is 0 Å². The van der Waals surface area contributed by atoms with Crippen LogP contribution in [0, 0.1) is 11.8 Å². The van der Waals surface area contributed by atoms with Crippen molar-refractivity contribution in [1.82, 2.24) is 9.80 Å². The van der Waals surface area contributed by atoms with E-state index >= 15 is 0 Å². The van der Waals surface area contributed by atoms with E-state index in [0.29, 0.717) is 6.54 Å². The van der Waals surface area contributed by atoms with E-state index in [9.17, 15) is 9.59 Å². The van der Waals surface area contributed by atoms with Crippen LogP contribution in [0.15, 0.2) is 0 Å². The van der Waals surface area contributed by atoms with Crippen molar-refractivity contribution in [2.75, 3.05) is 33.2 Å². The van der Waals surface area contributed by atoms with E-state index in [1.165, 1.54) is 0 Å². The quantitative estimate of drug-likeness (QED) is 0.646. The number of rotatable bonds is 0. The minimum Gasteiger partial charge on any atom is -0.444 e. The number of hydrogen-bond acceptors (Lipinski definition) is 4. The Bertz CT molecular complexity index is 362. The first-order valence-corrected chi connectivity index (χ1v) is 6.45. The van der Waals surface area contributed by atoms with Gasteiger partial charge < -0.3 is 14.5 Å². The average Bonchev–Trinajstić information content (AvgIpc) is 2.56. The van der Waals surface area contributed by atoms with Gasteiger partial charge in [-0.3, -0.25) is 4.79 Å². The molecule has 0 spiro atoms. The second-order valence-electron chi connectivity index (χ2n) is 6.41. The van der Waals surface area contributed by atoms with Gasteiger partial charge in [0.05, 0.1) is 6.54 Å². The van der Waals surface area contributed by atoms with Crippen LogP contribution in [0.2, 0.25) is 0 Å². The summed E-state index contributed by atoms with van der Waals surface area (Å²) in [6.45, 7) is 8.05. The topological polar surface area (TPSA) is 49.9 Å². The molecule has 2 rings (SSSR count). The van der Waals surface area contributed by atoms with Crippen molar-refractivity contribution in [3.8, 4) is 0 Å². The van der Waals surface area contributed by atoms with Crippen LogP contribution in [-0.2, 0) is 9.53 Å². The first kappa shape index (κ1) is 13.3. The number of piperidine rings is 1. The Labute approximate surface area is 108 Å². The molecule has 0 bridgehead atoms. The van der Waals surface area contributed by atoms with Crippen LogP contribution in [-0.4, -0.2) is 60.5 Å². The highest BCUT2D eigenvalue weighted by molar-refractivity contribution is 5.88. The van der Waals surface area contributed by atoms with Crippen molar-refractivity contribution in [1.29, 1.82) is 0 Å². The number of nitrogens with zero attached hydrogens (tertiary/aromatic N) is 2. The molecule has 0 aromatic rings. The Morgan fingerprint density at radius 3 is 2.56 bits per heavy atom. The van der Waals surface area contributed by atoms with Gasteiger partial charge in [0.1, 0.15) is 5.60 Å². The smallest absolute Gasteiger partial charge is 0.410 e. The van der Waals surface area contributed by atoms with Crippen LogP contribution >= 0.6 is 0 Å². The van der Waals surface area contributed by atoms with Crippen LogP contribution in [0.5, 0.6) is 0 Å². The van der Waals surface area contributed by atoms with Crippen LogP contribution in [0.4, 0.5) is 4.79 Å². The lowest BCUT2D eigenvalue weighted by Crippen LogP contribution is -2.50. The fourth-order valence-electron chi connectivity index (χ4n) is 2.76. The number of Topliss-reactive ketones (excluding diaryl/α,β-unsaturated/α-hetero) is 1. The Hall–Kier alpha value is -1.10. The van der Waals surface area contributed by atoms with Crippen LogP contribution in [0.25, 0.3) is 0 Å². The highest BCUT2D eigenvalue weighted by atomic mass is 16.6. The van der Waals surface area contributed by atoms with Crippen LogP contribution < -0.4 is 0 Å². The molecule has 102 valence electrons. The number of hydrogen-bond donors (Lipinski definition) is 0. The van der Waals surface area contributed by atoms with Crippen molar-refractivity contribution < 1.29 is 14.3 Å². The highest BCUT2D eigenvalue weighted by Crippen LogP contribution is 2.28. The van der Waals surface area contributed by atoms with E-state index in [-0.39, 0.29) is 30.3 Å². The van der Waals surface area contributed by atoms with Gasteiger partial charge >= 0.3 is 6.09 Å². The SMILES string of the molecule is CN1C[C@H]2CN(C(=O)OC(C)(C)C)CC(=O)[C@H]2C1. The molecule has 2 aliphatic heterocycles. The fraction of sp³-hybridized carbons (Fsp3) is 0.846. The molecule has 18 heavy (non-hydrogen) atoms. The first-order chi connectivity index (χ1) is 8.26. The number of carbonyl (C=O) groups is 2. The third kappa shape index (κ3) is 2.83. The molecule has 2 heterocycles. The predicted molar refractivity (Wildman–Crippen MR) is 67.3 cm³/mol. The van der Waals surface area contributed by atoms with Crippen molar-refractivity contribution in [3.05, 3.63) is 0 Å². The lowest BCUT2D eigenvalue weighted by Gasteiger charge is -2.34. The van der Waals surface area contributed by atoms with E-state index < -0.39 is 5.60 Å². The molecule has 2 aliphatic rings. The van der Waals surface area contributed by atoms with E-state index in [2.05, 4.69) is 4.90 Å². The van der Waals surface area contributed by atoms with Gasteiger partial charge in [0.15, 0.2) is 5.78 Å². The molecule has 0 N–H and O–H groups in total. The molecule has 2 saturated heterocycles. The molecule has 0 aromatic carbocycles. The Morgan fingerprint density at radius 2 is 1.94 bits per heavy atom. The summed E-state index contributed by atoms with van der Waals surface area (Å²) >= 11 is 0. The fourth-order valence-corrected chi connectivity index (χ4v) is 2.76. The normalized spacial score (nSPS) is 29.3. The molecule has 1 amide bonds. The largest absolute Gasteiger partial charge is 0.444 e. The molecule has 5 heteroatoms. The summed E-state index contributed by atoms with van der Waals surface area (Å²) in [4.78, 5) is 27.7. The van der Waals surface area contributed by atoms with E-state index in [1.54, 1.807) is 4.90 Å². The monoisotopic (exact) mass is 254 g/mol. The third-order valence-electron chi connectivity index (χ3n) is 3.49. The summed E-state index contributed by atoms with van der Waals surface area (Å²) in [5.74, 6) is 0.541. The van der Waals surface area contributed by atoms with Crippen molar-refractivity contribution in [3.63, 3.8) is 0 Å².